The van der Waals surface area contributed by atoms with E-state index in [1.54, 1.807) is 4.90 Å². The number of ether oxygens (including phenoxy) is 1. The zero-order chi connectivity index (χ0) is 22.1. The van der Waals surface area contributed by atoms with E-state index >= 15 is 0 Å². The Morgan fingerprint density at radius 3 is 2.78 bits per heavy atom. The summed E-state index contributed by atoms with van der Waals surface area (Å²) < 4.78 is 13.9. The Bertz CT molecular complexity index is 1270. The third kappa shape index (κ3) is 4.16. The van der Waals surface area contributed by atoms with E-state index in [1.165, 1.54) is 11.3 Å². The van der Waals surface area contributed by atoms with Crippen LogP contribution in [0.4, 0.5) is 0 Å². The predicted molar refractivity (Wildman–Crippen MR) is 122 cm³/mol. The van der Waals surface area contributed by atoms with Crippen molar-refractivity contribution in [1.29, 1.82) is 0 Å². The molecule has 164 valence electrons. The Hall–Kier alpha value is -3.10. The maximum absolute atomic E-state index is 13.1. The number of likely N-dealkylation sites (tertiary alicyclic amines) is 1. The standard InChI is InChI=1S/C23H20ClN3O4S/c24-22-6-5-21(32-22)20-12-16(25-31-20)13-27-18-4-2-1-3-15(18)11-19(27)23(29)30-17-7-9-26(14-28)10-8-17/h1-6,11-12,14,17H,7-10,13H2. The lowest BCUT2D eigenvalue weighted by Crippen LogP contribution is -2.37. The van der Waals surface area contributed by atoms with Crippen LogP contribution in [0.1, 0.15) is 29.0 Å². The molecular formula is C23H20ClN3O4S. The van der Waals surface area contributed by atoms with E-state index in [2.05, 4.69) is 5.16 Å². The van der Waals surface area contributed by atoms with Crippen molar-refractivity contribution < 1.29 is 18.8 Å². The number of halogens is 1. The zero-order valence-corrected chi connectivity index (χ0v) is 18.6. The fourth-order valence-electron chi connectivity index (χ4n) is 3.97. The van der Waals surface area contributed by atoms with Crippen molar-refractivity contribution in [3.8, 4) is 10.6 Å². The number of benzene rings is 1. The van der Waals surface area contributed by atoms with Gasteiger partial charge >= 0.3 is 5.97 Å². The average molecular weight is 470 g/mol. The van der Waals surface area contributed by atoms with Crippen LogP contribution in [0.5, 0.6) is 0 Å². The second-order valence-electron chi connectivity index (χ2n) is 7.71. The predicted octanol–water partition coefficient (Wildman–Crippen LogP) is 4.84. The van der Waals surface area contributed by atoms with E-state index in [1.807, 2.05) is 53.1 Å². The second kappa shape index (κ2) is 8.80. The van der Waals surface area contributed by atoms with Crippen molar-refractivity contribution in [1.82, 2.24) is 14.6 Å². The third-order valence-electron chi connectivity index (χ3n) is 5.61. The molecule has 0 unspecified atom stereocenters. The van der Waals surface area contributed by atoms with Gasteiger partial charge in [0, 0.05) is 42.9 Å². The number of fused-ring (bicyclic) bond motifs is 1. The SMILES string of the molecule is O=CN1CCC(OC(=O)c2cc3ccccc3n2Cc2cc(-c3ccc(Cl)s3)on2)CC1. The first kappa shape index (κ1) is 20.8. The minimum Gasteiger partial charge on any atom is -0.458 e. The molecule has 1 aliphatic heterocycles. The molecule has 0 aliphatic carbocycles. The van der Waals surface area contributed by atoms with Crippen molar-refractivity contribution in [2.75, 3.05) is 13.1 Å². The zero-order valence-electron chi connectivity index (χ0n) is 17.1. The normalized spacial score (nSPS) is 14.7. The third-order valence-corrected chi connectivity index (χ3v) is 6.86. The number of para-hydroxylation sites is 1. The van der Waals surface area contributed by atoms with Crippen molar-refractivity contribution >= 4 is 46.2 Å². The molecular weight excluding hydrogens is 450 g/mol. The van der Waals surface area contributed by atoms with Crippen molar-refractivity contribution in [2.24, 2.45) is 0 Å². The molecule has 0 radical (unpaired) electrons. The maximum Gasteiger partial charge on any atom is 0.355 e. The van der Waals surface area contributed by atoms with Gasteiger partial charge in [-0.2, -0.15) is 0 Å². The van der Waals surface area contributed by atoms with Crippen LogP contribution in [-0.2, 0) is 16.1 Å². The van der Waals surface area contributed by atoms with Crippen LogP contribution < -0.4 is 0 Å². The number of hydrogen-bond acceptors (Lipinski definition) is 6. The summed E-state index contributed by atoms with van der Waals surface area (Å²) in [5.41, 5.74) is 2.07. The summed E-state index contributed by atoms with van der Waals surface area (Å²) in [4.78, 5) is 26.6. The van der Waals surface area contributed by atoms with E-state index in [9.17, 15) is 9.59 Å². The highest BCUT2D eigenvalue weighted by Gasteiger charge is 2.25. The lowest BCUT2D eigenvalue weighted by molar-refractivity contribution is -0.120. The second-order valence-corrected chi connectivity index (χ2v) is 9.42. The quantitative estimate of drug-likeness (QED) is 0.298. The van der Waals surface area contributed by atoms with Crippen molar-refractivity contribution in [2.45, 2.75) is 25.5 Å². The molecule has 9 heteroatoms. The number of carbonyl (C=O) groups is 2. The van der Waals surface area contributed by atoms with Gasteiger partial charge in [-0.25, -0.2) is 4.79 Å². The van der Waals surface area contributed by atoms with Gasteiger partial charge in [0.15, 0.2) is 5.76 Å². The van der Waals surface area contributed by atoms with E-state index in [4.69, 9.17) is 20.9 Å². The fourth-order valence-corrected chi connectivity index (χ4v) is 4.96. The van der Waals surface area contributed by atoms with Gasteiger partial charge in [0.1, 0.15) is 17.5 Å². The molecule has 1 fully saturated rings. The van der Waals surface area contributed by atoms with Crippen LogP contribution in [0, 0.1) is 0 Å². The van der Waals surface area contributed by atoms with Crippen LogP contribution in [0.3, 0.4) is 0 Å². The minimum atomic E-state index is -0.375. The monoisotopic (exact) mass is 469 g/mol. The lowest BCUT2D eigenvalue weighted by atomic mass is 10.1. The highest BCUT2D eigenvalue weighted by atomic mass is 35.5. The van der Waals surface area contributed by atoms with Gasteiger partial charge in [0.2, 0.25) is 6.41 Å². The van der Waals surface area contributed by atoms with Gasteiger partial charge in [-0.3, -0.25) is 4.79 Å². The van der Waals surface area contributed by atoms with E-state index in [-0.39, 0.29) is 12.1 Å². The molecule has 0 spiro atoms. The molecule has 1 aromatic carbocycles. The van der Waals surface area contributed by atoms with Crippen LogP contribution in [0.2, 0.25) is 4.34 Å². The Morgan fingerprint density at radius 1 is 1.22 bits per heavy atom. The summed E-state index contributed by atoms with van der Waals surface area (Å²) in [6.07, 6.45) is 1.92. The summed E-state index contributed by atoms with van der Waals surface area (Å²) in [6.45, 7) is 1.56. The summed E-state index contributed by atoms with van der Waals surface area (Å²) >= 11 is 7.45. The first-order valence-electron chi connectivity index (χ1n) is 10.3. The van der Waals surface area contributed by atoms with Gasteiger partial charge in [-0.15, -0.1) is 11.3 Å². The van der Waals surface area contributed by atoms with Crippen molar-refractivity contribution in [3.63, 3.8) is 0 Å². The Morgan fingerprint density at radius 2 is 2.03 bits per heavy atom. The first-order valence-corrected chi connectivity index (χ1v) is 11.5. The molecule has 1 amide bonds. The number of nitrogens with zero attached hydrogens (tertiary/aromatic N) is 3. The average Bonchev–Trinajstić information content (AvgIpc) is 3.54. The molecule has 4 heterocycles. The lowest BCUT2D eigenvalue weighted by Gasteiger charge is -2.28. The Labute approximate surface area is 193 Å². The maximum atomic E-state index is 13.1. The van der Waals surface area contributed by atoms with Gasteiger partial charge in [-0.1, -0.05) is 35.0 Å². The van der Waals surface area contributed by atoms with Gasteiger partial charge in [-0.05, 0) is 24.3 Å². The summed E-state index contributed by atoms with van der Waals surface area (Å²) in [5.74, 6) is 0.263. The molecule has 4 aromatic rings. The van der Waals surface area contributed by atoms with Gasteiger partial charge < -0.3 is 18.7 Å². The summed E-state index contributed by atoms with van der Waals surface area (Å²) in [5, 5.41) is 5.14. The number of esters is 1. The molecule has 0 atom stereocenters. The molecule has 0 N–H and O–H groups in total. The largest absolute Gasteiger partial charge is 0.458 e. The molecule has 1 saturated heterocycles. The fraction of sp³-hybridized carbons (Fsp3) is 0.261. The topological polar surface area (TPSA) is 77.6 Å². The molecule has 32 heavy (non-hydrogen) atoms. The van der Waals surface area contributed by atoms with Gasteiger partial charge in [0.05, 0.1) is 15.8 Å². The summed E-state index contributed by atoms with van der Waals surface area (Å²) in [6, 6.07) is 15.2. The molecule has 1 aliphatic rings. The molecule has 0 bridgehead atoms. The minimum absolute atomic E-state index is 0.201. The van der Waals surface area contributed by atoms with Crippen molar-refractivity contribution in [3.05, 3.63) is 64.3 Å². The highest BCUT2D eigenvalue weighted by molar-refractivity contribution is 7.19. The van der Waals surface area contributed by atoms with Crippen LogP contribution in [0.25, 0.3) is 21.5 Å². The Balaban J connectivity index is 1.40. The van der Waals surface area contributed by atoms with Crippen LogP contribution in [0.15, 0.2) is 53.1 Å². The Kier molecular flexibility index (Phi) is 5.71. The smallest absolute Gasteiger partial charge is 0.355 e. The van der Waals surface area contributed by atoms with Gasteiger partial charge in [0.25, 0.3) is 0 Å². The number of piperidine rings is 1. The van der Waals surface area contributed by atoms with Crippen LogP contribution in [-0.4, -0.2) is 46.2 Å². The number of aromatic nitrogens is 2. The molecule has 3 aromatic heterocycles. The molecule has 5 rings (SSSR count). The number of thiophene rings is 1. The highest BCUT2D eigenvalue weighted by Crippen LogP contribution is 2.32. The number of hydrogen-bond donors (Lipinski definition) is 0. The van der Waals surface area contributed by atoms with E-state index < -0.39 is 0 Å². The van der Waals surface area contributed by atoms with Crippen LogP contribution >= 0.6 is 22.9 Å². The molecule has 7 nitrogen and oxygen atoms in total. The first-order chi connectivity index (χ1) is 15.6. The summed E-state index contributed by atoms with van der Waals surface area (Å²) in [7, 11) is 0. The number of carbonyl (C=O) groups excluding carboxylic acids is 2. The number of amides is 1. The number of rotatable bonds is 6. The van der Waals surface area contributed by atoms with E-state index in [0.29, 0.717) is 54.0 Å². The molecule has 0 saturated carbocycles. The van der Waals surface area contributed by atoms with E-state index in [0.717, 1.165) is 22.2 Å².